The van der Waals surface area contributed by atoms with Crippen LogP contribution >= 0.6 is 0 Å². The van der Waals surface area contributed by atoms with E-state index >= 15 is 0 Å². The highest BCUT2D eigenvalue weighted by Gasteiger charge is 2.60. The van der Waals surface area contributed by atoms with Crippen LogP contribution in [0.1, 0.15) is 170 Å². The zero-order chi connectivity index (χ0) is 60.8. The van der Waals surface area contributed by atoms with Gasteiger partial charge in [0.25, 0.3) is 0 Å². The highest BCUT2D eigenvalue weighted by Crippen LogP contribution is 2.68. The Morgan fingerprint density at radius 3 is 1.68 bits per heavy atom. The number of hydrogen-bond acceptors (Lipinski definition) is 19. The van der Waals surface area contributed by atoms with Crippen molar-refractivity contribution >= 4 is 35.1 Å². The molecule has 4 aliphatic carbocycles. The van der Waals surface area contributed by atoms with Crippen LogP contribution in [-0.4, -0.2) is 179 Å². The van der Waals surface area contributed by atoms with Gasteiger partial charge in [0.05, 0.1) is 98.3 Å². The minimum atomic E-state index is -0.938. The number of rotatable bonds is 51. The fraction of sp³-hybridized carbons (Fsp3) is 0.905. The van der Waals surface area contributed by atoms with E-state index < -0.39 is 12.0 Å². The highest BCUT2D eigenvalue weighted by atomic mass is 17.2. The van der Waals surface area contributed by atoms with E-state index in [0.29, 0.717) is 110 Å². The first kappa shape index (κ1) is 73.4. The van der Waals surface area contributed by atoms with Crippen LogP contribution in [0.3, 0.4) is 0 Å². The van der Waals surface area contributed by atoms with E-state index in [1.165, 1.54) is 64.7 Å². The summed E-state index contributed by atoms with van der Waals surface area (Å²) >= 11 is 0. The number of carbonyl (C=O) groups excluding carboxylic acids is 6. The molecule has 0 aromatic rings. The van der Waals surface area contributed by atoms with E-state index in [2.05, 4.69) is 45.3 Å². The largest absolute Gasteiger partial charge is 0.462 e. The predicted molar refractivity (Wildman–Crippen MR) is 314 cm³/mol. The molecule has 4 rings (SSSR count). The van der Waals surface area contributed by atoms with Crippen LogP contribution < -0.4 is 16.4 Å². The summed E-state index contributed by atoms with van der Waals surface area (Å²) < 4.78 is 44.3. The van der Waals surface area contributed by atoms with Gasteiger partial charge < -0.3 is 54.3 Å². The molecule has 0 aliphatic heterocycles. The average Bonchev–Trinajstić information content (AvgIpc) is 1.42. The first-order valence-corrected chi connectivity index (χ1v) is 32.1. The monoisotopic (exact) mass is 1200 g/mol. The molecule has 2 amide bonds. The van der Waals surface area contributed by atoms with Crippen LogP contribution in [0.4, 0.5) is 0 Å². The fourth-order valence-corrected chi connectivity index (χ4v) is 13.8. The molecule has 6 unspecified atom stereocenters. The number of nitrogens with two attached hydrogens (primary N) is 1. The molecule has 0 aromatic carbocycles. The Morgan fingerprint density at radius 1 is 0.536 bits per heavy atom. The van der Waals surface area contributed by atoms with E-state index in [4.69, 9.17) is 63.2 Å². The molecule has 84 heavy (non-hydrogen) atoms. The molecule has 10 atom stereocenters. The maximum Gasteiger partial charge on any atom is 0.308 e. The van der Waals surface area contributed by atoms with E-state index in [9.17, 15) is 28.8 Å². The van der Waals surface area contributed by atoms with E-state index in [-0.39, 0.29) is 126 Å². The van der Waals surface area contributed by atoms with Crippen LogP contribution in [0.15, 0.2) is 0 Å². The first-order chi connectivity index (χ1) is 40.6. The molecule has 4 aliphatic rings. The number of hydrogen-bond donors (Lipinski definition) is 3. The van der Waals surface area contributed by atoms with Gasteiger partial charge in [-0.05, 0) is 123 Å². The Labute approximate surface area is 502 Å². The van der Waals surface area contributed by atoms with Crippen LogP contribution in [0.2, 0.25) is 0 Å². The van der Waals surface area contributed by atoms with Crippen LogP contribution in [0, 0.1) is 52.3 Å². The Kier molecular flexibility index (Phi) is 37.4. The van der Waals surface area contributed by atoms with Gasteiger partial charge in [0, 0.05) is 58.8 Å². The molecule has 4 saturated carbocycles. The number of esters is 1. The second-order valence-corrected chi connectivity index (χ2v) is 24.7. The number of fused-ring (bicyclic) bond motifs is 5. The Bertz CT molecular complexity index is 1860. The van der Waals surface area contributed by atoms with Crippen molar-refractivity contribution in [2.75, 3.05) is 132 Å². The maximum atomic E-state index is 13.4. The van der Waals surface area contributed by atoms with Gasteiger partial charge in [-0.3, -0.25) is 28.8 Å². The lowest BCUT2D eigenvalue weighted by Gasteiger charge is -2.61. The van der Waals surface area contributed by atoms with Gasteiger partial charge in [0.1, 0.15) is 44.1 Å². The molecule has 0 heterocycles. The number of carbonyl (C=O) groups is 6. The molecule has 486 valence electrons. The fourth-order valence-electron chi connectivity index (χ4n) is 13.8. The smallest absolute Gasteiger partial charge is 0.308 e. The maximum absolute atomic E-state index is 13.4. The third kappa shape index (κ3) is 28.4. The Hall–Kier alpha value is -3.06. The lowest BCUT2D eigenvalue weighted by Crippen LogP contribution is -2.54. The van der Waals surface area contributed by atoms with Crippen LogP contribution in [0.5, 0.6) is 0 Å². The van der Waals surface area contributed by atoms with Crippen LogP contribution in [-0.2, 0) is 86.2 Å². The van der Waals surface area contributed by atoms with Gasteiger partial charge >= 0.3 is 5.97 Å². The molecule has 0 bridgehead atoms. The second-order valence-electron chi connectivity index (χ2n) is 24.7. The second kappa shape index (κ2) is 42.8. The summed E-state index contributed by atoms with van der Waals surface area (Å²) in [5.74, 6) is 4.23. The summed E-state index contributed by atoms with van der Waals surface area (Å²) in [6, 6.07) is -0.938. The lowest BCUT2D eigenvalue weighted by atomic mass is 9.44. The van der Waals surface area contributed by atoms with Gasteiger partial charge in [-0.25, -0.2) is 19.6 Å². The molecular formula is C63H111N3O18. The van der Waals surface area contributed by atoms with E-state index in [0.717, 1.165) is 54.8 Å². The van der Waals surface area contributed by atoms with Crippen LogP contribution in [0.25, 0.3) is 0 Å². The minimum Gasteiger partial charge on any atom is -0.462 e. The molecule has 21 nitrogen and oxygen atoms in total. The number of nitrogens with one attached hydrogen (secondary N) is 2. The van der Waals surface area contributed by atoms with Crippen molar-refractivity contribution in [3.63, 3.8) is 0 Å². The van der Waals surface area contributed by atoms with E-state index in [1.807, 2.05) is 0 Å². The Balaban J connectivity index is 0.893. The van der Waals surface area contributed by atoms with E-state index in [1.54, 1.807) is 0 Å². The molecule has 0 spiro atoms. The van der Waals surface area contributed by atoms with Crippen molar-refractivity contribution in [1.82, 2.24) is 10.6 Å². The number of amides is 2. The van der Waals surface area contributed by atoms with Gasteiger partial charge in [0.15, 0.2) is 5.78 Å². The van der Waals surface area contributed by atoms with Crippen molar-refractivity contribution in [3.8, 4) is 0 Å². The zero-order valence-corrected chi connectivity index (χ0v) is 52.4. The Morgan fingerprint density at radius 2 is 1.07 bits per heavy atom. The molecule has 21 heteroatoms. The summed E-state index contributed by atoms with van der Waals surface area (Å²) in [5, 5.41) is 5.44. The normalized spacial score (nSPS) is 24.4. The van der Waals surface area contributed by atoms with Crippen molar-refractivity contribution < 1.29 is 86.2 Å². The van der Waals surface area contributed by atoms with Gasteiger partial charge in [-0.2, -0.15) is 0 Å². The van der Waals surface area contributed by atoms with Crippen molar-refractivity contribution in [2.24, 2.45) is 58.0 Å². The van der Waals surface area contributed by atoms with Crippen molar-refractivity contribution in [1.29, 1.82) is 0 Å². The van der Waals surface area contributed by atoms with Gasteiger partial charge in [0.2, 0.25) is 11.8 Å². The van der Waals surface area contributed by atoms with Crippen molar-refractivity contribution in [2.45, 2.75) is 182 Å². The summed E-state index contributed by atoms with van der Waals surface area (Å²) in [4.78, 5) is 94.1. The van der Waals surface area contributed by atoms with Gasteiger partial charge in [-0.15, -0.1) is 0 Å². The molecule has 4 fully saturated rings. The minimum absolute atomic E-state index is 0.0129. The third-order valence-electron chi connectivity index (χ3n) is 18.2. The summed E-state index contributed by atoms with van der Waals surface area (Å²) in [6.07, 6.45) is 16.9. The quantitative estimate of drug-likeness (QED) is 0.0231. The molecule has 0 aromatic heterocycles. The highest BCUT2D eigenvalue weighted by molar-refractivity contribution is 5.91. The topological polar surface area (TPSA) is 263 Å². The number of Topliss-reactive ketones (excluding diaryl/α,β-unsaturated/α-hetero) is 3. The molecule has 0 saturated heterocycles. The summed E-state index contributed by atoms with van der Waals surface area (Å²) in [7, 11) is 0. The predicted octanol–water partition coefficient (Wildman–Crippen LogP) is 7.44. The first-order valence-electron chi connectivity index (χ1n) is 32.1. The molecule has 0 radical (unpaired) electrons. The lowest BCUT2D eigenvalue weighted by molar-refractivity contribution is -0.303. The number of ketones is 3. The summed E-state index contributed by atoms with van der Waals surface area (Å²) in [6.45, 7) is 19.5. The molecular weight excluding hydrogens is 1090 g/mol. The number of ether oxygens (including phenoxy) is 8. The third-order valence-corrected chi connectivity index (χ3v) is 18.2. The zero-order valence-electron chi connectivity index (χ0n) is 52.4. The standard InChI is InChI=1S/C63H111N3O18/c1-47(2)10-7-11-48(3)55-16-17-56-54-15-14-50-44-53(18-23-62(50,5)57(54)19-24-63(55,56)6)84-61(72)45-58(66-49(4)67)59(70)13-9-27-74-36-40-80-81-41-37-75-28-20-51(68)12-8-26-73-32-34-79-35-33-77-30-22-60(71)65-25-31-78-39-43-83-82-42-38-76-29-21-52(69)46-64/h47-48,50,53-58H,7-46,64H2,1-6H3,(H,65,71)(H,66,67)/t48?,50?,53?,54?,55-,56?,57?,58-,62+,63-/m1/s1. The SMILES string of the molecule is CC(=O)N[C@H](CC(=O)OC1CC[C@@]2(C)C(CCC3C2CC[C@@]2(C)C3CC[C@@H]2C(C)CCCC(C)C)C1)C(=O)CCCOCCOOCCOCCC(=O)CCCOCCOCCOCCC(=O)NCCOCCOOCCOCCC(=O)CN. The summed E-state index contributed by atoms with van der Waals surface area (Å²) in [5.41, 5.74) is 5.98. The average molecular weight is 1200 g/mol. The molecule has 4 N–H and O–H groups in total. The van der Waals surface area contributed by atoms with Crippen molar-refractivity contribution in [3.05, 3.63) is 0 Å². The van der Waals surface area contributed by atoms with Gasteiger partial charge in [-0.1, -0.05) is 53.9 Å².